The first kappa shape index (κ1) is 28.2. The Kier molecular flexibility index (Phi) is 8.29. The highest BCUT2D eigenvalue weighted by atomic mass is 35.5. The van der Waals surface area contributed by atoms with E-state index in [0.29, 0.717) is 22.1 Å². The fraction of sp³-hybridized carbons (Fsp3) is 0.107. The van der Waals surface area contributed by atoms with E-state index in [4.69, 9.17) is 11.6 Å². The number of carbonyl (C=O) groups is 1. The molecule has 1 amide bonds. The molecule has 0 aliphatic carbocycles. The highest BCUT2D eigenvalue weighted by molar-refractivity contribution is 7.93. The van der Waals surface area contributed by atoms with Gasteiger partial charge in [0.15, 0.2) is 0 Å². The summed E-state index contributed by atoms with van der Waals surface area (Å²) >= 11 is 5.92. The van der Waals surface area contributed by atoms with Crippen molar-refractivity contribution in [1.29, 1.82) is 0 Å². The molecular weight excluding hydrogens is 558 g/mol. The number of anilines is 3. The van der Waals surface area contributed by atoms with Crippen LogP contribution in [-0.4, -0.2) is 29.3 Å². The number of aryl methyl sites for hydroxylation is 2. The summed E-state index contributed by atoms with van der Waals surface area (Å²) in [5.74, 6) is -0.609. The quantitative estimate of drug-likeness (QED) is 0.267. The van der Waals surface area contributed by atoms with Crippen LogP contribution in [0.5, 0.6) is 0 Å². The summed E-state index contributed by atoms with van der Waals surface area (Å²) in [5.41, 5.74) is 2.79. The van der Waals surface area contributed by atoms with Crippen molar-refractivity contribution in [3.63, 3.8) is 0 Å². The van der Waals surface area contributed by atoms with Gasteiger partial charge in [-0.3, -0.25) is 13.8 Å². The predicted octanol–water partition coefficient (Wildman–Crippen LogP) is 5.59. The minimum Gasteiger partial charge on any atom is -0.325 e. The van der Waals surface area contributed by atoms with Gasteiger partial charge in [0.1, 0.15) is 6.54 Å². The molecule has 0 unspecified atom stereocenters. The van der Waals surface area contributed by atoms with Crippen molar-refractivity contribution in [3.8, 4) is 0 Å². The highest BCUT2D eigenvalue weighted by Crippen LogP contribution is 2.26. The van der Waals surface area contributed by atoms with E-state index in [1.165, 1.54) is 48.5 Å². The van der Waals surface area contributed by atoms with Gasteiger partial charge in [-0.15, -0.1) is 0 Å². The molecule has 0 saturated heterocycles. The number of hydrogen-bond acceptors (Lipinski definition) is 5. The van der Waals surface area contributed by atoms with Crippen LogP contribution in [0, 0.1) is 13.8 Å². The Balaban J connectivity index is 1.53. The molecule has 11 heteroatoms. The summed E-state index contributed by atoms with van der Waals surface area (Å²) in [5, 5.41) is 3.02. The van der Waals surface area contributed by atoms with E-state index >= 15 is 0 Å². The van der Waals surface area contributed by atoms with Crippen LogP contribution in [0.4, 0.5) is 17.1 Å². The topological polar surface area (TPSA) is 113 Å². The Morgan fingerprint density at radius 2 is 1.36 bits per heavy atom. The van der Waals surface area contributed by atoms with Gasteiger partial charge < -0.3 is 5.32 Å². The zero-order valence-electron chi connectivity index (χ0n) is 21.1. The normalized spacial score (nSPS) is 11.6. The van der Waals surface area contributed by atoms with Crippen LogP contribution in [0.25, 0.3) is 0 Å². The first-order chi connectivity index (χ1) is 18.5. The number of hydrogen-bond donors (Lipinski definition) is 2. The molecule has 8 nitrogen and oxygen atoms in total. The summed E-state index contributed by atoms with van der Waals surface area (Å²) in [6.45, 7) is 3.15. The van der Waals surface area contributed by atoms with E-state index < -0.39 is 32.5 Å². The molecule has 0 aromatic heterocycles. The molecule has 39 heavy (non-hydrogen) atoms. The molecular formula is C28H26ClN3O5S2. The average molecular weight is 584 g/mol. The number of halogens is 1. The van der Waals surface area contributed by atoms with Gasteiger partial charge in [-0.05, 0) is 86.1 Å². The maximum Gasteiger partial charge on any atom is 0.264 e. The number of amides is 1. The number of benzene rings is 4. The van der Waals surface area contributed by atoms with E-state index in [0.717, 1.165) is 15.4 Å². The van der Waals surface area contributed by atoms with Gasteiger partial charge in [0.05, 0.1) is 21.2 Å². The Morgan fingerprint density at radius 1 is 0.769 bits per heavy atom. The van der Waals surface area contributed by atoms with E-state index in [1.54, 1.807) is 49.4 Å². The van der Waals surface area contributed by atoms with Crippen molar-refractivity contribution >= 4 is 54.6 Å². The van der Waals surface area contributed by atoms with Gasteiger partial charge in [-0.1, -0.05) is 47.5 Å². The van der Waals surface area contributed by atoms with Crippen LogP contribution in [0.15, 0.2) is 107 Å². The molecule has 202 valence electrons. The Hall–Kier alpha value is -3.86. The van der Waals surface area contributed by atoms with Crippen molar-refractivity contribution < 1.29 is 21.6 Å². The monoisotopic (exact) mass is 583 g/mol. The van der Waals surface area contributed by atoms with Gasteiger partial charge in [0.25, 0.3) is 20.0 Å². The van der Waals surface area contributed by atoms with Crippen molar-refractivity contribution in [1.82, 2.24) is 0 Å². The fourth-order valence-corrected chi connectivity index (χ4v) is 6.38. The van der Waals surface area contributed by atoms with Gasteiger partial charge in [0.2, 0.25) is 5.91 Å². The van der Waals surface area contributed by atoms with Crippen molar-refractivity contribution in [2.75, 3.05) is 20.9 Å². The lowest BCUT2D eigenvalue weighted by molar-refractivity contribution is -0.114. The van der Waals surface area contributed by atoms with Crippen LogP contribution >= 0.6 is 11.6 Å². The number of carbonyl (C=O) groups excluding carboxylic acids is 1. The SMILES string of the molecule is Cc1ccc(N(CC(=O)Nc2ccc(S(=O)(=O)Nc3ccccc3C)cc2)S(=O)(=O)c2ccc(Cl)cc2)cc1. The summed E-state index contributed by atoms with van der Waals surface area (Å²) in [6.07, 6.45) is 0. The molecule has 0 bridgehead atoms. The zero-order valence-corrected chi connectivity index (χ0v) is 23.5. The lowest BCUT2D eigenvalue weighted by atomic mass is 10.2. The average Bonchev–Trinajstić information content (AvgIpc) is 2.90. The lowest BCUT2D eigenvalue weighted by Gasteiger charge is -2.24. The van der Waals surface area contributed by atoms with Crippen molar-refractivity contribution in [3.05, 3.63) is 113 Å². The smallest absolute Gasteiger partial charge is 0.264 e. The van der Waals surface area contributed by atoms with Crippen LogP contribution in [0.1, 0.15) is 11.1 Å². The van der Waals surface area contributed by atoms with Crippen LogP contribution < -0.4 is 14.3 Å². The third-order valence-corrected chi connectivity index (χ3v) is 9.27. The van der Waals surface area contributed by atoms with E-state index in [2.05, 4.69) is 10.0 Å². The molecule has 0 spiro atoms. The molecule has 0 atom stereocenters. The Labute approximate surface area is 233 Å². The molecule has 4 rings (SSSR count). The third-order valence-electron chi connectivity index (χ3n) is 5.85. The second-order valence-electron chi connectivity index (χ2n) is 8.79. The highest BCUT2D eigenvalue weighted by Gasteiger charge is 2.27. The molecule has 0 radical (unpaired) electrons. The van der Waals surface area contributed by atoms with Gasteiger partial charge in [0, 0.05) is 10.7 Å². The molecule has 0 heterocycles. The standard InChI is InChI=1S/C28H26ClN3O5S2/c1-20-7-13-24(14-8-20)32(39(36,37)26-15-9-22(29)10-16-26)19-28(33)30-23-11-17-25(18-12-23)38(34,35)31-27-6-4-3-5-21(27)2/h3-18,31H,19H2,1-2H3,(H,30,33). The number of para-hydroxylation sites is 1. The second kappa shape index (κ2) is 11.5. The fourth-order valence-electron chi connectivity index (χ4n) is 3.70. The summed E-state index contributed by atoms with van der Waals surface area (Å²) in [7, 11) is -7.96. The minimum atomic E-state index is -4.10. The van der Waals surface area contributed by atoms with Crippen LogP contribution in [0.3, 0.4) is 0 Å². The molecule has 0 aliphatic rings. The number of sulfonamides is 2. The van der Waals surface area contributed by atoms with Crippen LogP contribution in [0.2, 0.25) is 5.02 Å². The molecule has 0 aliphatic heterocycles. The van der Waals surface area contributed by atoms with E-state index in [9.17, 15) is 21.6 Å². The van der Waals surface area contributed by atoms with Gasteiger partial charge in [-0.2, -0.15) is 0 Å². The second-order valence-corrected chi connectivity index (χ2v) is 12.8. The van der Waals surface area contributed by atoms with Gasteiger partial charge >= 0.3 is 0 Å². The first-order valence-electron chi connectivity index (χ1n) is 11.8. The van der Waals surface area contributed by atoms with Crippen molar-refractivity contribution in [2.45, 2.75) is 23.6 Å². The minimum absolute atomic E-state index is 0.00958. The third kappa shape index (κ3) is 6.78. The lowest BCUT2D eigenvalue weighted by Crippen LogP contribution is -2.38. The number of nitrogens with one attached hydrogen (secondary N) is 2. The summed E-state index contributed by atoms with van der Waals surface area (Å²) < 4.78 is 56.1. The molecule has 0 fully saturated rings. The molecule has 2 N–H and O–H groups in total. The number of nitrogens with zero attached hydrogens (tertiary/aromatic N) is 1. The molecule has 0 saturated carbocycles. The van der Waals surface area contributed by atoms with Gasteiger partial charge in [-0.25, -0.2) is 16.8 Å². The van der Waals surface area contributed by atoms with E-state index in [1.807, 2.05) is 13.0 Å². The number of rotatable bonds is 9. The van der Waals surface area contributed by atoms with E-state index in [-0.39, 0.29) is 9.79 Å². The largest absolute Gasteiger partial charge is 0.325 e. The Morgan fingerprint density at radius 3 is 1.97 bits per heavy atom. The molecule has 4 aromatic rings. The maximum atomic E-state index is 13.5. The first-order valence-corrected chi connectivity index (χ1v) is 15.1. The summed E-state index contributed by atoms with van der Waals surface area (Å²) in [6, 6.07) is 25.0. The van der Waals surface area contributed by atoms with Crippen molar-refractivity contribution in [2.24, 2.45) is 0 Å². The Bertz CT molecular complexity index is 1690. The van der Waals surface area contributed by atoms with Crippen LogP contribution in [-0.2, 0) is 24.8 Å². The molecule has 4 aromatic carbocycles. The summed E-state index contributed by atoms with van der Waals surface area (Å²) in [4.78, 5) is 13.0. The predicted molar refractivity (Wildman–Crippen MR) is 154 cm³/mol. The zero-order chi connectivity index (χ0) is 28.2. The maximum absolute atomic E-state index is 13.5.